The molecule has 10 nitrogen and oxygen atoms in total. The molecule has 0 aromatic heterocycles. The van der Waals surface area contributed by atoms with Gasteiger partial charge in [0.2, 0.25) is 8.38 Å². The van der Waals surface area contributed by atoms with Crippen LogP contribution >= 0.6 is 8.38 Å². The number of esters is 1. The lowest BCUT2D eigenvalue weighted by atomic mass is 10.0. The molecule has 2 rings (SSSR count). The second-order valence-electron chi connectivity index (χ2n) is 7.58. The molecule has 0 heterocycles. The Morgan fingerprint density at radius 3 is 2.37 bits per heavy atom. The van der Waals surface area contributed by atoms with Crippen LogP contribution in [0.2, 0.25) is 0 Å². The van der Waals surface area contributed by atoms with Crippen LogP contribution < -0.4 is 14.6 Å². The Hall–Kier alpha value is -3.49. The molecule has 0 fully saturated rings. The average Bonchev–Trinajstić information content (AvgIpc) is 2.81. The van der Waals surface area contributed by atoms with Gasteiger partial charge in [-0.3, -0.25) is 19.2 Å². The molecule has 35 heavy (non-hydrogen) atoms. The molecule has 0 aliphatic carbocycles. The van der Waals surface area contributed by atoms with Crippen molar-refractivity contribution in [1.82, 2.24) is 5.32 Å². The van der Waals surface area contributed by atoms with E-state index in [9.17, 15) is 24.1 Å². The number of nitrogens with one attached hydrogen (secondary N) is 1. The van der Waals surface area contributed by atoms with Crippen molar-refractivity contribution in [3.63, 3.8) is 0 Å². The van der Waals surface area contributed by atoms with Crippen molar-refractivity contribution >= 4 is 31.9 Å². The normalized spacial score (nSPS) is 11.4. The van der Waals surface area contributed by atoms with Crippen LogP contribution in [-0.4, -0.2) is 42.4 Å². The Bertz CT molecular complexity index is 1060. The van der Waals surface area contributed by atoms with Crippen LogP contribution in [0.25, 0.3) is 0 Å². The largest absolute Gasteiger partial charge is 0.447 e. The summed E-state index contributed by atoms with van der Waals surface area (Å²) in [5, 5.41) is 5.00. The summed E-state index contributed by atoms with van der Waals surface area (Å²) in [4.78, 5) is 57.9. The van der Waals surface area contributed by atoms with Crippen LogP contribution in [0.15, 0.2) is 53.7 Å². The zero-order valence-corrected chi connectivity index (χ0v) is 20.6. The maximum atomic E-state index is 12.8. The predicted octanol–water partition coefficient (Wildman–Crippen LogP) is 4.41. The van der Waals surface area contributed by atoms with Gasteiger partial charge in [0.15, 0.2) is 5.78 Å². The quantitative estimate of drug-likeness (QED) is 0.140. The molecule has 0 aliphatic rings. The van der Waals surface area contributed by atoms with Gasteiger partial charge in [-0.1, -0.05) is 24.3 Å². The summed E-state index contributed by atoms with van der Waals surface area (Å²) < 4.78 is 16.9. The Morgan fingerprint density at radius 1 is 1.03 bits per heavy atom. The number of para-hydroxylation sites is 1. The van der Waals surface area contributed by atoms with Crippen LogP contribution in [0.5, 0.6) is 11.5 Å². The number of ketones is 1. The maximum Gasteiger partial charge on any atom is 0.308 e. The number of rotatable bonds is 13. The molecule has 2 amide bonds. The Labute approximate surface area is 204 Å². The second-order valence-corrected chi connectivity index (χ2v) is 9.09. The van der Waals surface area contributed by atoms with Crippen molar-refractivity contribution in [3.8, 4) is 11.5 Å². The molecule has 2 aromatic carbocycles. The van der Waals surface area contributed by atoms with Gasteiger partial charge in [0, 0.05) is 43.2 Å². The van der Waals surface area contributed by atoms with E-state index in [1.54, 1.807) is 0 Å². The molecular formula is C24H27N2O8P. The molecule has 0 saturated heterocycles. The minimum Gasteiger partial charge on any atom is -0.447 e. The molecule has 0 aliphatic heterocycles. The molecule has 1 unspecified atom stereocenters. The fourth-order valence-corrected chi connectivity index (χ4v) is 4.20. The third-order valence-corrected chi connectivity index (χ3v) is 5.99. The van der Waals surface area contributed by atoms with Crippen molar-refractivity contribution in [2.45, 2.75) is 39.7 Å². The number of nitrogens with zero attached hydrogens (tertiary/aromatic N) is 1. The minimum atomic E-state index is -1.32. The summed E-state index contributed by atoms with van der Waals surface area (Å²) in [5.41, 5.74) is 0.182. The topological polar surface area (TPSA) is 137 Å². The SMILES string of the molecule is CC(=O)Oc1cc(C(=O)CCC(=O)N=O)ccc1C(=O)NCCP(Oc1ccccc1)OC(C)C. The summed E-state index contributed by atoms with van der Waals surface area (Å²) in [5.74, 6) is -2.02. The van der Waals surface area contributed by atoms with E-state index in [-0.39, 0.29) is 42.4 Å². The van der Waals surface area contributed by atoms with Gasteiger partial charge >= 0.3 is 5.97 Å². The fourth-order valence-electron chi connectivity index (χ4n) is 2.84. The standard InChI is InChI=1S/C24H27N2O8P/c1-16(2)33-35(34-19-7-5-4-6-8-19)14-13-25-24(30)20-10-9-18(15-22(20)32-17(3)27)21(28)11-12-23(29)26-31/h4-10,15-16H,11-14H2,1-3H3,(H,25,30). The van der Waals surface area contributed by atoms with Crippen molar-refractivity contribution in [2.24, 2.45) is 5.18 Å². The lowest BCUT2D eigenvalue weighted by Crippen LogP contribution is -2.27. The van der Waals surface area contributed by atoms with Gasteiger partial charge < -0.3 is 19.1 Å². The zero-order chi connectivity index (χ0) is 25.8. The molecule has 0 spiro atoms. The molecule has 1 atom stereocenters. The number of ether oxygens (including phenoxy) is 1. The van der Waals surface area contributed by atoms with Gasteiger partial charge in [0.05, 0.1) is 11.7 Å². The number of carbonyl (C=O) groups excluding carboxylic acids is 4. The third-order valence-electron chi connectivity index (χ3n) is 4.33. The molecule has 1 N–H and O–H groups in total. The number of amides is 2. The second kappa shape index (κ2) is 14.0. The molecule has 0 saturated carbocycles. The molecule has 0 bridgehead atoms. The highest BCUT2D eigenvalue weighted by Gasteiger charge is 2.20. The van der Waals surface area contributed by atoms with Crippen LogP contribution in [0, 0.1) is 4.91 Å². The van der Waals surface area contributed by atoms with E-state index in [1.807, 2.05) is 44.2 Å². The van der Waals surface area contributed by atoms with E-state index in [1.165, 1.54) is 25.1 Å². The first-order chi connectivity index (χ1) is 16.7. The van der Waals surface area contributed by atoms with Gasteiger partial charge in [0.25, 0.3) is 11.8 Å². The number of hydrogen-bond acceptors (Lipinski definition) is 8. The monoisotopic (exact) mass is 502 g/mol. The van der Waals surface area contributed by atoms with Gasteiger partial charge in [-0.05, 0) is 38.1 Å². The molecule has 11 heteroatoms. The molecule has 2 aromatic rings. The van der Waals surface area contributed by atoms with Crippen LogP contribution in [0.4, 0.5) is 0 Å². The molecule has 0 radical (unpaired) electrons. The first kappa shape index (κ1) is 27.8. The first-order valence-electron chi connectivity index (χ1n) is 10.9. The van der Waals surface area contributed by atoms with E-state index in [2.05, 4.69) is 10.5 Å². The molecular weight excluding hydrogens is 475 g/mol. The third kappa shape index (κ3) is 9.72. The van der Waals surface area contributed by atoms with Gasteiger partial charge in [-0.25, -0.2) is 0 Å². The number of carbonyl (C=O) groups is 4. The van der Waals surface area contributed by atoms with Gasteiger partial charge in [0.1, 0.15) is 11.5 Å². The summed E-state index contributed by atoms with van der Waals surface area (Å²) in [6, 6.07) is 13.2. The maximum absolute atomic E-state index is 12.8. The Kier molecular flexibility index (Phi) is 11.1. The first-order valence-corrected chi connectivity index (χ1v) is 12.2. The summed E-state index contributed by atoms with van der Waals surface area (Å²) in [6.07, 6.45) is -0.234. The predicted molar refractivity (Wildman–Crippen MR) is 130 cm³/mol. The zero-order valence-electron chi connectivity index (χ0n) is 19.7. The lowest BCUT2D eigenvalue weighted by molar-refractivity contribution is -0.131. The Morgan fingerprint density at radius 2 is 1.74 bits per heavy atom. The summed E-state index contributed by atoms with van der Waals surface area (Å²) in [6.45, 7) is 5.18. The van der Waals surface area contributed by atoms with E-state index < -0.39 is 31.9 Å². The summed E-state index contributed by atoms with van der Waals surface area (Å²) >= 11 is 0. The minimum absolute atomic E-state index is 0.0560. The highest BCUT2D eigenvalue weighted by molar-refractivity contribution is 7.47. The number of nitroso groups, excluding NO2 is 1. The van der Waals surface area contributed by atoms with Crippen molar-refractivity contribution < 1.29 is 33.0 Å². The van der Waals surface area contributed by atoms with Gasteiger partial charge in [-0.15, -0.1) is 4.91 Å². The van der Waals surface area contributed by atoms with Crippen LogP contribution in [0.3, 0.4) is 0 Å². The van der Waals surface area contributed by atoms with Crippen LogP contribution in [-0.2, 0) is 14.1 Å². The number of hydrogen-bond donors (Lipinski definition) is 1. The van der Waals surface area contributed by atoms with E-state index in [4.69, 9.17) is 13.8 Å². The van der Waals surface area contributed by atoms with Crippen molar-refractivity contribution in [2.75, 3.05) is 12.7 Å². The highest BCUT2D eigenvalue weighted by Crippen LogP contribution is 2.40. The van der Waals surface area contributed by atoms with E-state index >= 15 is 0 Å². The Balaban J connectivity index is 2.07. The van der Waals surface area contributed by atoms with E-state index in [0.717, 1.165) is 0 Å². The number of Topliss-reactive ketones (excluding diaryl/α,β-unsaturated/α-hetero) is 1. The van der Waals surface area contributed by atoms with Crippen molar-refractivity contribution in [1.29, 1.82) is 0 Å². The lowest BCUT2D eigenvalue weighted by Gasteiger charge is -2.20. The summed E-state index contributed by atoms with van der Waals surface area (Å²) in [7, 11) is -1.32. The number of benzene rings is 2. The smallest absolute Gasteiger partial charge is 0.308 e. The van der Waals surface area contributed by atoms with Crippen LogP contribution in [0.1, 0.15) is 54.3 Å². The van der Waals surface area contributed by atoms with E-state index in [0.29, 0.717) is 11.9 Å². The van der Waals surface area contributed by atoms with Gasteiger partial charge in [-0.2, -0.15) is 0 Å². The highest BCUT2D eigenvalue weighted by atomic mass is 31.2. The fraction of sp³-hybridized carbons (Fsp3) is 0.333. The molecule has 186 valence electrons. The van der Waals surface area contributed by atoms with Crippen molar-refractivity contribution in [3.05, 3.63) is 64.6 Å². The average molecular weight is 502 g/mol.